The summed E-state index contributed by atoms with van der Waals surface area (Å²) in [6.45, 7) is 4.44. The molecule has 0 aromatic heterocycles. The van der Waals surface area contributed by atoms with Crippen LogP contribution in [0.1, 0.15) is 25.0 Å². The zero-order valence-corrected chi connectivity index (χ0v) is 15.7. The van der Waals surface area contributed by atoms with Gasteiger partial charge in [-0.2, -0.15) is 0 Å². The first-order chi connectivity index (χ1) is 12.5. The van der Waals surface area contributed by atoms with E-state index in [1.54, 1.807) is 11.9 Å². The van der Waals surface area contributed by atoms with Gasteiger partial charge >= 0.3 is 0 Å². The summed E-state index contributed by atoms with van der Waals surface area (Å²) in [6, 6.07) is 15.5. The Morgan fingerprint density at radius 2 is 1.46 bits per heavy atom. The maximum Gasteiger partial charge on any atom is 0.238 e. The molecule has 0 fully saturated rings. The summed E-state index contributed by atoms with van der Waals surface area (Å²) >= 11 is 0. The number of nitrogens with one attached hydrogen (secondary N) is 2. The molecule has 0 aliphatic carbocycles. The minimum atomic E-state index is -0.140. The number of rotatable bonds is 8. The molecule has 0 aliphatic heterocycles. The molecule has 0 aliphatic rings. The highest BCUT2D eigenvalue weighted by atomic mass is 16.2. The molecule has 5 nitrogen and oxygen atoms in total. The monoisotopic (exact) mass is 353 g/mol. The van der Waals surface area contributed by atoms with Crippen molar-refractivity contribution >= 4 is 23.2 Å². The standard InChI is InChI=1S/C21H27N3O2/c1-4-16-10-12-18(13-11-16)22-20(25)14-24(3)15-21(26)23-19-9-7-6-8-17(19)5-2/h6-13H,4-5,14-15H2,1-3H3,(H,22,25)(H,23,26). The molecule has 0 saturated carbocycles. The molecule has 2 N–H and O–H groups in total. The van der Waals surface area contributed by atoms with Gasteiger partial charge < -0.3 is 10.6 Å². The smallest absolute Gasteiger partial charge is 0.238 e. The van der Waals surface area contributed by atoms with Crippen molar-refractivity contribution in [2.45, 2.75) is 26.7 Å². The number of amides is 2. The molecule has 5 heteroatoms. The van der Waals surface area contributed by atoms with Crippen LogP contribution in [0.4, 0.5) is 11.4 Å². The predicted octanol–water partition coefficient (Wildman–Crippen LogP) is 3.32. The van der Waals surface area contributed by atoms with Gasteiger partial charge in [-0.3, -0.25) is 14.5 Å². The van der Waals surface area contributed by atoms with E-state index >= 15 is 0 Å². The van der Waals surface area contributed by atoms with E-state index in [4.69, 9.17) is 0 Å². The van der Waals surface area contributed by atoms with Crippen molar-refractivity contribution in [2.24, 2.45) is 0 Å². The summed E-state index contributed by atoms with van der Waals surface area (Å²) in [7, 11) is 1.76. The van der Waals surface area contributed by atoms with Gasteiger partial charge in [0.05, 0.1) is 13.1 Å². The minimum absolute atomic E-state index is 0.131. The van der Waals surface area contributed by atoms with E-state index in [1.165, 1.54) is 5.56 Å². The molecule has 26 heavy (non-hydrogen) atoms. The average molecular weight is 353 g/mol. The van der Waals surface area contributed by atoms with Crippen LogP contribution >= 0.6 is 0 Å². The van der Waals surface area contributed by atoms with E-state index in [0.717, 1.165) is 29.8 Å². The van der Waals surface area contributed by atoms with Gasteiger partial charge in [-0.1, -0.05) is 44.2 Å². The molecule has 0 radical (unpaired) electrons. The second-order valence-electron chi connectivity index (χ2n) is 6.33. The normalized spacial score (nSPS) is 10.6. The summed E-state index contributed by atoms with van der Waals surface area (Å²) in [4.78, 5) is 26.0. The Balaban J connectivity index is 1.82. The van der Waals surface area contributed by atoms with Crippen LogP contribution in [0.2, 0.25) is 0 Å². The lowest BCUT2D eigenvalue weighted by Crippen LogP contribution is -2.36. The summed E-state index contributed by atoms with van der Waals surface area (Å²) < 4.78 is 0. The molecule has 2 aromatic carbocycles. The quantitative estimate of drug-likeness (QED) is 0.765. The topological polar surface area (TPSA) is 61.4 Å². The van der Waals surface area contributed by atoms with Gasteiger partial charge in [0, 0.05) is 11.4 Å². The Morgan fingerprint density at radius 1 is 0.846 bits per heavy atom. The zero-order valence-electron chi connectivity index (χ0n) is 15.7. The molecule has 0 atom stereocenters. The van der Waals surface area contributed by atoms with Gasteiger partial charge in [0.1, 0.15) is 0 Å². The van der Waals surface area contributed by atoms with Crippen molar-refractivity contribution in [3.8, 4) is 0 Å². The van der Waals surface area contributed by atoms with Crippen molar-refractivity contribution in [3.63, 3.8) is 0 Å². The number of nitrogens with zero attached hydrogens (tertiary/aromatic N) is 1. The number of hydrogen-bond donors (Lipinski definition) is 2. The van der Waals surface area contributed by atoms with E-state index in [9.17, 15) is 9.59 Å². The fraction of sp³-hybridized carbons (Fsp3) is 0.333. The molecule has 0 heterocycles. The summed E-state index contributed by atoms with van der Waals surface area (Å²) in [6.07, 6.45) is 1.82. The van der Waals surface area contributed by atoms with E-state index in [1.807, 2.05) is 48.5 Å². The maximum absolute atomic E-state index is 12.2. The Kier molecular flexibility index (Phi) is 7.36. The molecular formula is C21H27N3O2. The van der Waals surface area contributed by atoms with Crippen LogP contribution in [0.25, 0.3) is 0 Å². The number of carbonyl (C=O) groups excluding carboxylic acids is 2. The molecule has 0 bridgehead atoms. The number of benzene rings is 2. The zero-order chi connectivity index (χ0) is 18.9. The number of aryl methyl sites for hydroxylation is 2. The molecule has 2 amide bonds. The first kappa shape index (κ1) is 19.7. The predicted molar refractivity (Wildman–Crippen MR) is 106 cm³/mol. The van der Waals surface area contributed by atoms with Gasteiger partial charge in [0.15, 0.2) is 0 Å². The number of hydrogen-bond acceptors (Lipinski definition) is 3. The van der Waals surface area contributed by atoms with Crippen LogP contribution < -0.4 is 10.6 Å². The van der Waals surface area contributed by atoms with Crippen LogP contribution in [0.5, 0.6) is 0 Å². The number of para-hydroxylation sites is 1. The summed E-state index contributed by atoms with van der Waals surface area (Å²) in [5.74, 6) is -0.271. The molecule has 0 saturated heterocycles. The third-order valence-corrected chi connectivity index (χ3v) is 4.15. The highest BCUT2D eigenvalue weighted by Gasteiger charge is 2.12. The number of anilines is 2. The lowest BCUT2D eigenvalue weighted by molar-refractivity contribution is -0.119. The molecule has 138 valence electrons. The SMILES string of the molecule is CCc1ccc(NC(=O)CN(C)CC(=O)Nc2ccccc2CC)cc1. The average Bonchev–Trinajstić information content (AvgIpc) is 2.62. The highest BCUT2D eigenvalue weighted by molar-refractivity contribution is 5.95. The fourth-order valence-corrected chi connectivity index (χ4v) is 2.71. The van der Waals surface area contributed by atoms with Crippen molar-refractivity contribution < 1.29 is 9.59 Å². The second-order valence-corrected chi connectivity index (χ2v) is 6.33. The number of carbonyl (C=O) groups is 2. The highest BCUT2D eigenvalue weighted by Crippen LogP contribution is 2.15. The molecule has 0 unspecified atom stereocenters. The fourth-order valence-electron chi connectivity index (χ4n) is 2.71. The molecule has 2 aromatic rings. The Bertz CT molecular complexity index is 741. The summed E-state index contributed by atoms with van der Waals surface area (Å²) in [5, 5.41) is 5.77. The van der Waals surface area contributed by atoms with Crippen LogP contribution in [-0.2, 0) is 22.4 Å². The van der Waals surface area contributed by atoms with Crippen molar-refractivity contribution in [1.82, 2.24) is 4.90 Å². The lowest BCUT2D eigenvalue weighted by Gasteiger charge is -2.17. The molecule has 2 rings (SSSR count). The van der Waals surface area contributed by atoms with Gasteiger partial charge in [0.2, 0.25) is 11.8 Å². The number of likely N-dealkylation sites (N-methyl/N-ethyl adjacent to an activating group) is 1. The Morgan fingerprint density at radius 3 is 2.08 bits per heavy atom. The largest absolute Gasteiger partial charge is 0.325 e. The van der Waals surface area contributed by atoms with Gasteiger partial charge in [-0.05, 0) is 49.2 Å². The first-order valence-corrected chi connectivity index (χ1v) is 8.97. The Hall–Kier alpha value is -2.66. The lowest BCUT2D eigenvalue weighted by atomic mass is 10.1. The first-order valence-electron chi connectivity index (χ1n) is 8.97. The van der Waals surface area contributed by atoms with Crippen LogP contribution in [-0.4, -0.2) is 36.9 Å². The summed E-state index contributed by atoms with van der Waals surface area (Å²) in [5.41, 5.74) is 3.91. The van der Waals surface area contributed by atoms with Gasteiger partial charge in [0.25, 0.3) is 0 Å². The molecular weight excluding hydrogens is 326 g/mol. The van der Waals surface area contributed by atoms with Crippen LogP contribution in [0, 0.1) is 0 Å². The third-order valence-electron chi connectivity index (χ3n) is 4.15. The van der Waals surface area contributed by atoms with Crippen molar-refractivity contribution in [2.75, 3.05) is 30.8 Å². The second kappa shape index (κ2) is 9.73. The van der Waals surface area contributed by atoms with E-state index in [0.29, 0.717) is 0 Å². The third kappa shape index (κ3) is 6.01. The van der Waals surface area contributed by atoms with Gasteiger partial charge in [-0.15, -0.1) is 0 Å². The van der Waals surface area contributed by atoms with E-state index in [-0.39, 0.29) is 24.9 Å². The molecule has 0 spiro atoms. The minimum Gasteiger partial charge on any atom is -0.325 e. The van der Waals surface area contributed by atoms with Crippen LogP contribution in [0.3, 0.4) is 0 Å². The van der Waals surface area contributed by atoms with E-state index < -0.39 is 0 Å². The Labute approximate surface area is 155 Å². The van der Waals surface area contributed by atoms with Crippen molar-refractivity contribution in [1.29, 1.82) is 0 Å². The van der Waals surface area contributed by atoms with Crippen LogP contribution in [0.15, 0.2) is 48.5 Å². The van der Waals surface area contributed by atoms with Crippen molar-refractivity contribution in [3.05, 3.63) is 59.7 Å². The maximum atomic E-state index is 12.2. The van der Waals surface area contributed by atoms with E-state index in [2.05, 4.69) is 24.5 Å². The van der Waals surface area contributed by atoms with Gasteiger partial charge in [-0.25, -0.2) is 0 Å².